The topological polar surface area (TPSA) is 64.4 Å². The van der Waals surface area contributed by atoms with E-state index in [1.54, 1.807) is 0 Å². The zero-order valence-corrected chi connectivity index (χ0v) is 10.1. The maximum absolute atomic E-state index is 12.0. The summed E-state index contributed by atoms with van der Waals surface area (Å²) in [6.45, 7) is 4.19. The molecule has 3 N–H and O–H groups in total. The first-order valence-electron chi connectivity index (χ1n) is 6.19. The SMILES string of the molecule is CC1(CNC(=O)C2(N)CCOCC2)CCC1. The smallest absolute Gasteiger partial charge is 0.240 e. The largest absolute Gasteiger partial charge is 0.381 e. The molecule has 92 valence electrons. The van der Waals surface area contributed by atoms with Gasteiger partial charge in [-0.25, -0.2) is 0 Å². The molecule has 2 rings (SSSR count). The summed E-state index contributed by atoms with van der Waals surface area (Å²) in [5.41, 5.74) is 5.72. The summed E-state index contributed by atoms with van der Waals surface area (Å²) >= 11 is 0. The molecule has 2 fully saturated rings. The van der Waals surface area contributed by atoms with E-state index in [1.165, 1.54) is 19.3 Å². The summed E-state index contributed by atoms with van der Waals surface area (Å²) in [7, 11) is 0. The van der Waals surface area contributed by atoms with Crippen molar-refractivity contribution in [2.24, 2.45) is 11.1 Å². The van der Waals surface area contributed by atoms with Crippen LogP contribution >= 0.6 is 0 Å². The number of carbonyl (C=O) groups excluding carboxylic acids is 1. The lowest BCUT2D eigenvalue weighted by Gasteiger charge is -2.40. The molecule has 0 radical (unpaired) electrons. The van der Waals surface area contributed by atoms with E-state index in [1.807, 2.05) is 0 Å². The first-order chi connectivity index (χ1) is 7.54. The van der Waals surface area contributed by atoms with E-state index in [9.17, 15) is 4.79 Å². The van der Waals surface area contributed by atoms with Crippen molar-refractivity contribution < 1.29 is 9.53 Å². The van der Waals surface area contributed by atoms with Crippen molar-refractivity contribution >= 4 is 5.91 Å². The minimum atomic E-state index is -0.696. The standard InChI is InChI=1S/C12H22N2O2/c1-11(3-2-4-11)9-14-10(15)12(13)5-7-16-8-6-12/h2-9,13H2,1H3,(H,14,15). The third-order valence-electron chi connectivity index (χ3n) is 4.07. The summed E-state index contributed by atoms with van der Waals surface area (Å²) in [6, 6.07) is 0. The van der Waals surface area contributed by atoms with Crippen molar-refractivity contribution in [2.75, 3.05) is 19.8 Å². The van der Waals surface area contributed by atoms with Crippen LogP contribution in [0.25, 0.3) is 0 Å². The quantitative estimate of drug-likeness (QED) is 0.748. The first-order valence-corrected chi connectivity index (χ1v) is 6.19. The van der Waals surface area contributed by atoms with Crippen molar-refractivity contribution in [3.8, 4) is 0 Å². The highest BCUT2D eigenvalue weighted by Gasteiger charge is 2.38. The molecule has 1 aliphatic heterocycles. The van der Waals surface area contributed by atoms with E-state index < -0.39 is 5.54 Å². The summed E-state index contributed by atoms with van der Waals surface area (Å²) in [4.78, 5) is 12.0. The molecule has 1 saturated carbocycles. The number of hydrogen-bond acceptors (Lipinski definition) is 3. The van der Waals surface area contributed by atoms with Crippen molar-refractivity contribution in [3.05, 3.63) is 0 Å². The summed E-state index contributed by atoms with van der Waals surface area (Å²) in [5, 5.41) is 3.02. The van der Waals surface area contributed by atoms with Gasteiger partial charge in [-0.15, -0.1) is 0 Å². The van der Waals surface area contributed by atoms with Crippen molar-refractivity contribution in [3.63, 3.8) is 0 Å². The van der Waals surface area contributed by atoms with Crippen LogP contribution in [-0.2, 0) is 9.53 Å². The lowest BCUT2D eigenvalue weighted by molar-refractivity contribution is -0.130. The Morgan fingerprint density at radius 3 is 2.44 bits per heavy atom. The molecular formula is C12H22N2O2. The van der Waals surface area contributed by atoms with Gasteiger partial charge in [0.2, 0.25) is 5.91 Å². The fraction of sp³-hybridized carbons (Fsp3) is 0.917. The number of carbonyl (C=O) groups is 1. The molecular weight excluding hydrogens is 204 g/mol. The van der Waals surface area contributed by atoms with Crippen LogP contribution < -0.4 is 11.1 Å². The van der Waals surface area contributed by atoms with Crippen molar-refractivity contribution in [1.82, 2.24) is 5.32 Å². The van der Waals surface area contributed by atoms with Gasteiger partial charge < -0.3 is 15.8 Å². The van der Waals surface area contributed by atoms with Crippen LogP contribution in [0.1, 0.15) is 39.0 Å². The van der Waals surface area contributed by atoms with Gasteiger partial charge in [0, 0.05) is 19.8 Å². The first kappa shape index (κ1) is 11.9. The molecule has 1 amide bonds. The van der Waals surface area contributed by atoms with Crippen LogP contribution in [0, 0.1) is 5.41 Å². The van der Waals surface area contributed by atoms with E-state index in [-0.39, 0.29) is 5.91 Å². The van der Waals surface area contributed by atoms with Crippen LogP contribution in [0.5, 0.6) is 0 Å². The summed E-state index contributed by atoms with van der Waals surface area (Å²) in [6.07, 6.45) is 4.99. The molecule has 0 aromatic rings. The van der Waals surface area contributed by atoms with Crippen LogP contribution in [-0.4, -0.2) is 31.2 Å². The van der Waals surface area contributed by atoms with Crippen molar-refractivity contribution in [1.29, 1.82) is 0 Å². The van der Waals surface area contributed by atoms with E-state index in [0.717, 1.165) is 6.54 Å². The maximum atomic E-state index is 12.0. The van der Waals surface area contributed by atoms with E-state index in [4.69, 9.17) is 10.5 Å². The zero-order valence-electron chi connectivity index (χ0n) is 10.1. The maximum Gasteiger partial charge on any atom is 0.240 e. The van der Waals surface area contributed by atoms with Gasteiger partial charge in [-0.2, -0.15) is 0 Å². The summed E-state index contributed by atoms with van der Waals surface area (Å²) in [5.74, 6) is 0.00363. The Morgan fingerprint density at radius 2 is 1.94 bits per heavy atom. The predicted octanol–water partition coefficient (Wildman–Crippen LogP) is 0.801. The minimum absolute atomic E-state index is 0.00363. The van der Waals surface area contributed by atoms with Gasteiger partial charge in [0.05, 0.1) is 5.54 Å². The number of ether oxygens (including phenoxy) is 1. The predicted molar refractivity (Wildman–Crippen MR) is 61.9 cm³/mol. The second-order valence-corrected chi connectivity index (χ2v) is 5.62. The minimum Gasteiger partial charge on any atom is -0.381 e. The third kappa shape index (κ3) is 2.38. The fourth-order valence-corrected chi connectivity index (χ4v) is 2.39. The molecule has 0 aromatic carbocycles. The van der Waals surface area contributed by atoms with Crippen LogP contribution in [0.2, 0.25) is 0 Å². The molecule has 1 heterocycles. The molecule has 1 aliphatic carbocycles. The zero-order chi connectivity index (χ0) is 11.6. The Hall–Kier alpha value is -0.610. The van der Waals surface area contributed by atoms with Gasteiger partial charge in [0.1, 0.15) is 0 Å². The Morgan fingerprint density at radius 1 is 1.31 bits per heavy atom. The second kappa shape index (κ2) is 4.34. The number of nitrogens with one attached hydrogen (secondary N) is 1. The molecule has 0 aromatic heterocycles. The molecule has 16 heavy (non-hydrogen) atoms. The number of hydrogen-bond donors (Lipinski definition) is 2. The Labute approximate surface area is 96.9 Å². The lowest BCUT2D eigenvalue weighted by atomic mass is 9.70. The number of nitrogens with two attached hydrogens (primary N) is 1. The monoisotopic (exact) mass is 226 g/mol. The molecule has 0 atom stereocenters. The van der Waals surface area contributed by atoms with E-state index in [2.05, 4.69) is 12.2 Å². The van der Waals surface area contributed by atoms with Gasteiger partial charge in [-0.3, -0.25) is 4.79 Å². The average Bonchev–Trinajstić information content (AvgIpc) is 2.24. The molecule has 2 aliphatic rings. The van der Waals surface area contributed by atoms with Crippen LogP contribution in [0.4, 0.5) is 0 Å². The molecule has 4 nitrogen and oxygen atoms in total. The normalized spacial score (nSPS) is 26.9. The molecule has 0 bridgehead atoms. The highest BCUT2D eigenvalue weighted by atomic mass is 16.5. The van der Waals surface area contributed by atoms with Crippen LogP contribution in [0.3, 0.4) is 0 Å². The molecule has 4 heteroatoms. The lowest BCUT2D eigenvalue weighted by Crippen LogP contribution is -2.58. The highest BCUT2D eigenvalue weighted by Crippen LogP contribution is 2.39. The molecule has 1 saturated heterocycles. The van der Waals surface area contributed by atoms with Gasteiger partial charge in [0.25, 0.3) is 0 Å². The van der Waals surface area contributed by atoms with Gasteiger partial charge in [-0.05, 0) is 31.1 Å². The third-order valence-corrected chi connectivity index (χ3v) is 4.07. The second-order valence-electron chi connectivity index (χ2n) is 5.62. The highest BCUT2D eigenvalue weighted by molar-refractivity contribution is 5.86. The van der Waals surface area contributed by atoms with E-state index in [0.29, 0.717) is 31.5 Å². The van der Waals surface area contributed by atoms with Gasteiger partial charge >= 0.3 is 0 Å². The average molecular weight is 226 g/mol. The Kier molecular flexibility index (Phi) is 3.22. The Balaban J connectivity index is 1.82. The van der Waals surface area contributed by atoms with Gasteiger partial charge in [-0.1, -0.05) is 13.3 Å². The molecule has 0 spiro atoms. The molecule has 0 unspecified atom stereocenters. The summed E-state index contributed by atoms with van der Waals surface area (Å²) < 4.78 is 5.23. The van der Waals surface area contributed by atoms with E-state index >= 15 is 0 Å². The fourth-order valence-electron chi connectivity index (χ4n) is 2.39. The Bertz CT molecular complexity index is 268. The van der Waals surface area contributed by atoms with Crippen LogP contribution in [0.15, 0.2) is 0 Å². The number of rotatable bonds is 3. The number of amides is 1. The van der Waals surface area contributed by atoms with Gasteiger partial charge in [0.15, 0.2) is 0 Å². The van der Waals surface area contributed by atoms with Crippen molar-refractivity contribution in [2.45, 2.75) is 44.6 Å².